The van der Waals surface area contributed by atoms with E-state index >= 15 is 0 Å². The second kappa shape index (κ2) is 3.21. The molecule has 0 nitrogen and oxygen atoms in total. The molecule has 66 valence electrons. The average Bonchev–Trinajstić information content (AvgIpc) is 2.30. The third-order valence-electron chi connectivity index (χ3n) is 2.62. The Morgan fingerprint density at radius 2 is 2.00 bits per heavy atom. The van der Waals surface area contributed by atoms with Crippen molar-refractivity contribution in [1.82, 2.24) is 0 Å². The van der Waals surface area contributed by atoms with Gasteiger partial charge in [0.25, 0.3) is 0 Å². The maximum absolute atomic E-state index is 2.24. The number of allylic oxidation sites excluding steroid dienone is 3. The standard InChI is InChI=1S/C13H14/c1-10-6-3-4-8-12-11(2)7-5-9-13(10)12/h3-10H,1-2H3. The minimum absolute atomic E-state index is 0.532. The second-order valence-electron chi connectivity index (χ2n) is 3.61. The van der Waals surface area contributed by atoms with Gasteiger partial charge in [-0.05, 0) is 29.5 Å². The first kappa shape index (κ1) is 8.31. The zero-order valence-corrected chi connectivity index (χ0v) is 8.12. The predicted molar refractivity (Wildman–Crippen MR) is 57.8 cm³/mol. The van der Waals surface area contributed by atoms with Crippen LogP contribution in [0.2, 0.25) is 0 Å². The van der Waals surface area contributed by atoms with Gasteiger partial charge in [-0.15, -0.1) is 0 Å². The first-order chi connectivity index (χ1) is 6.29. The predicted octanol–water partition coefficient (Wildman–Crippen LogP) is 3.68. The van der Waals surface area contributed by atoms with Crippen molar-refractivity contribution in [3.63, 3.8) is 0 Å². The van der Waals surface area contributed by atoms with E-state index in [0.29, 0.717) is 5.92 Å². The van der Waals surface area contributed by atoms with Crippen LogP contribution >= 0.6 is 0 Å². The van der Waals surface area contributed by atoms with Crippen molar-refractivity contribution >= 4 is 6.08 Å². The number of hydrogen-bond acceptors (Lipinski definition) is 0. The zero-order valence-electron chi connectivity index (χ0n) is 8.12. The lowest BCUT2D eigenvalue weighted by Gasteiger charge is -2.11. The normalized spacial score (nSPS) is 19.7. The highest BCUT2D eigenvalue weighted by Crippen LogP contribution is 2.26. The van der Waals surface area contributed by atoms with Gasteiger partial charge in [0.2, 0.25) is 0 Å². The van der Waals surface area contributed by atoms with E-state index in [1.165, 1.54) is 16.7 Å². The molecular formula is C13H14. The third-order valence-corrected chi connectivity index (χ3v) is 2.62. The van der Waals surface area contributed by atoms with E-state index in [4.69, 9.17) is 0 Å². The second-order valence-corrected chi connectivity index (χ2v) is 3.61. The molecule has 0 radical (unpaired) electrons. The van der Waals surface area contributed by atoms with Crippen LogP contribution in [-0.4, -0.2) is 0 Å². The molecule has 1 atom stereocenters. The highest BCUT2D eigenvalue weighted by molar-refractivity contribution is 5.61. The summed E-state index contributed by atoms with van der Waals surface area (Å²) < 4.78 is 0. The highest BCUT2D eigenvalue weighted by atomic mass is 14.1. The lowest BCUT2D eigenvalue weighted by atomic mass is 9.94. The van der Waals surface area contributed by atoms with Crippen molar-refractivity contribution in [2.45, 2.75) is 19.8 Å². The van der Waals surface area contributed by atoms with E-state index in [2.05, 4.69) is 56.4 Å². The van der Waals surface area contributed by atoms with Gasteiger partial charge in [-0.25, -0.2) is 0 Å². The molecule has 1 aromatic carbocycles. The zero-order chi connectivity index (χ0) is 9.26. The average molecular weight is 170 g/mol. The first-order valence-corrected chi connectivity index (χ1v) is 4.73. The summed E-state index contributed by atoms with van der Waals surface area (Å²) in [6, 6.07) is 6.52. The van der Waals surface area contributed by atoms with Crippen LogP contribution in [0, 0.1) is 6.92 Å². The van der Waals surface area contributed by atoms with Crippen molar-refractivity contribution < 1.29 is 0 Å². The summed E-state index contributed by atoms with van der Waals surface area (Å²) in [5.74, 6) is 0.532. The fourth-order valence-electron chi connectivity index (χ4n) is 1.81. The van der Waals surface area contributed by atoms with Gasteiger partial charge in [-0.3, -0.25) is 0 Å². The van der Waals surface area contributed by atoms with Crippen molar-refractivity contribution in [2.24, 2.45) is 0 Å². The molecule has 2 rings (SSSR count). The largest absolute Gasteiger partial charge is 0.0773 e. The molecule has 0 saturated carbocycles. The van der Waals surface area contributed by atoms with Gasteiger partial charge in [0.05, 0.1) is 0 Å². The third kappa shape index (κ3) is 1.44. The topological polar surface area (TPSA) is 0 Å². The number of fused-ring (bicyclic) bond motifs is 1. The summed E-state index contributed by atoms with van der Waals surface area (Å²) in [4.78, 5) is 0. The molecule has 1 aromatic rings. The van der Waals surface area contributed by atoms with Gasteiger partial charge >= 0.3 is 0 Å². The summed E-state index contributed by atoms with van der Waals surface area (Å²) in [7, 11) is 0. The molecule has 0 heteroatoms. The Kier molecular flexibility index (Phi) is 2.05. The Morgan fingerprint density at radius 3 is 2.85 bits per heavy atom. The molecule has 0 amide bonds. The molecule has 0 bridgehead atoms. The van der Waals surface area contributed by atoms with Gasteiger partial charge < -0.3 is 0 Å². The molecular weight excluding hydrogens is 156 g/mol. The SMILES string of the molecule is Cc1cccc2c1C=CC=CC2C. The molecule has 1 aliphatic rings. The minimum atomic E-state index is 0.532. The molecule has 0 fully saturated rings. The minimum Gasteiger partial charge on any atom is -0.0773 e. The smallest absolute Gasteiger partial charge is 0.000129 e. The van der Waals surface area contributed by atoms with Gasteiger partial charge in [0.15, 0.2) is 0 Å². The quantitative estimate of drug-likeness (QED) is 0.557. The Hall–Kier alpha value is -1.30. The van der Waals surface area contributed by atoms with Crippen LogP contribution in [0.3, 0.4) is 0 Å². The van der Waals surface area contributed by atoms with Gasteiger partial charge in [0.1, 0.15) is 0 Å². The van der Waals surface area contributed by atoms with E-state index in [-0.39, 0.29) is 0 Å². The molecule has 13 heavy (non-hydrogen) atoms. The fraction of sp³-hybridized carbons (Fsp3) is 0.231. The maximum atomic E-state index is 2.24. The van der Waals surface area contributed by atoms with Crippen molar-refractivity contribution in [2.75, 3.05) is 0 Å². The molecule has 1 unspecified atom stereocenters. The fourth-order valence-corrected chi connectivity index (χ4v) is 1.81. The van der Waals surface area contributed by atoms with Crippen molar-refractivity contribution in [1.29, 1.82) is 0 Å². The Bertz CT molecular complexity index is 370. The Balaban J connectivity index is 2.63. The molecule has 0 N–H and O–H groups in total. The van der Waals surface area contributed by atoms with E-state index in [1.54, 1.807) is 0 Å². The lowest BCUT2D eigenvalue weighted by Crippen LogP contribution is -1.93. The van der Waals surface area contributed by atoms with Crippen LogP contribution in [0.15, 0.2) is 36.4 Å². The first-order valence-electron chi connectivity index (χ1n) is 4.73. The van der Waals surface area contributed by atoms with E-state index in [9.17, 15) is 0 Å². The summed E-state index contributed by atoms with van der Waals surface area (Å²) in [5.41, 5.74) is 4.19. The summed E-state index contributed by atoms with van der Waals surface area (Å²) in [6.45, 7) is 4.41. The van der Waals surface area contributed by atoms with Crippen LogP contribution < -0.4 is 0 Å². The summed E-state index contributed by atoms with van der Waals surface area (Å²) in [5, 5.41) is 0. The molecule has 0 aliphatic heterocycles. The van der Waals surface area contributed by atoms with E-state index in [1.807, 2.05) is 0 Å². The number of benzene rings is 1. The number of aryl methyl sites for hydroxylation is 1. The monoisotopic (exact) mass is 170 g/mol. The van der Waals surface area contributed by atoms with Crippen LogP contribution in [-0.2, 0) is 0 Å². The van der Waals surface area contributed by atoms with Crippen LogP contribution in [0.25, 0.3) is 6.08 Å². The van der Waals surface area contributed by atoms with Crippen LogP contribution in [0.4, 0.5) is 0 Å². The molecule has 0 spiro atoms. The van der Waals surface area contributed by atoms with Gasteiger partial charge in [-0.2, -0.15) is 0 Å². The maximum Gasteiger partial charge on any atom is -0.000129 e. The lowest BCUT2D eigenvalue weighted by molar-refractivity contribution is 0.963. The van der Waals surface area contributed by atoms with E-state index < -0.39 is 0 Å². The van der Waals surface area contributed by atoms with E-state index in [0.717, 1.165) is 0 Å². The molecule has 0 saturated heterocycles. The molecule has 0 aromatic heterocycles. The van der Waals surface area contributed by atoms with Crippen molar-refractivity contribution in [3.05, 3.63) is 53.1 Å². The Labute approximate surface area is 79.6 Å². The van der Waals surface area contributed by atoms with Gasteiger partial charge in [0, 0.05) is 0 Å². The molecule has 1 aliphatic carbocycles. The number of hydrogen-bond donors (Lipinski definition) is 0. The van der Waals surface area contributed by atoms with Crippen LogP contribution in [0.5, 0.6) is 0 Å². The number of rotatable bonds is 0. The Morgan fingerprint density at radius 1 is 1.15 bits per heavy atom. The summed E-state index contributed by atoms with van der Waals surface area (Å²) in [6.07, 6.45) is 8.69. The molecule has 0 heterocycles. The van der Waals surface area contributed by atoms with Crippen molar-refractivity contribution in [3.8, 4) is 0 Å². The highest BCUT2D eigenvalue weighted by Gasteiger charge is 2.08. The summed E-state index contributed by atoms with van der Waals surface area (Å²) >= 11 is 0. The van der Waals surface area contributed by atoms with Crippen LogP contribution in [0.1, 0.15) is 29.5 Å². The van der Waals surface area contributed by atoms with Gasteiger partial charge in [-0.1, -0.05) is 49.4 Å².